The van der Waals surface area contributed by atoms with Crippen molar-refractivity contribution < 1.29 is 14.6 Å². The van der Waals surface area contributed by atoms with E-state index in [4.69, 9.17) is 9.84 Å². The van der Waals surface area contributed by atoms with Crippen LogP contribution in [0, 0.1) is 0 Å². The van der Waals surface area contributed by atoms with Gasteiger partial charge in [0, 0.05) is 12.2 Å². The van der Waals surface area contributed by atoms with E-state index < -0.39 is 0 Å². The first-order valence-corrected chi connectivity index (χ1v) is 7.05. The quantitative estimate of drug-likeness (QED) is 0.542. The topological polar surface area (TPSA) is 70.6 Å². The first kappa shape index (κ1) is 14.8. The Morgan fingerprint density at radius 2 is 2.40 bits per heavy atom. The summed E-state index contributed by atoms with van der Waals surface area (Å²) in [4.78, 5) is 12.3. The Labute approximate surface area is 119 Å². The number of fused-ring (bicyclic) bond motifs is 1. The second-order valence-corrected chi connectivity index (χ2v) is 5.14. The van der Waals surface area contributed by atoms with E-state index in [1.807, 2.05) is 26.0 Å². The number of ether oxygens (including phenoxy) is 1. The molecule has 1 aliphatic rings. The standard InChI is InChI=1S/C15H22N2O3/c1-10-9-17-13-8-12(4-5-14(13)20-10)15(19)11(2)16-6-3-7-18/h4-5,8,10-11,16-18H,3,6-7,9H2,1-2H3. The summed E-state index contributed by atoms with van der Waals surface area (Å²) >= 11 is 0. The SMILES string of the molecule is CC1CNc2cc(C(=O)C(C)NCCCO)ccc2O1. The lowest BCUT2D eigenvalue weighted by Crippen LogP contribution is -2.35. The largest absolute Gasteiger partial charge is 0.487 e. The average Bonchev–Trinajstić information content (AvgIpc) is 2.46. The molecule has 0 radical (unpaired) electrons. The molecule has 1 aromatic carbocycles. The van der Waals surface area contributed by atoms with Crippen LogP contribution in [0.1, 0.15) is 30.6 Å². The zero-order valence-electron chi connectivity index (χ0n) is 12.0. The van der Waals surface area contributed by atoms with Gasteiger partial charge in [0.25, 0.3) is 0 Å². The van der Waals surface area contributed by atoms with Crippen molar-refractivity contribution in [1.29, 1.82) is 0 Å². The number of hydrogen-bond donors (Lipinski definition) is 3. The molecule has 1 aliphatic heterocycles. The molecule has 0 bridgehead atoms. The number of benzene rings is 1. The Hall–Kier alpha value is -1.59. The van der Waals surface area contributed by atoms with E-state index in [1.54, 1.807) is 6.07 Å². The lowest BCUT2D eigenvalue weighted by molar-refractivity contribution is 0.0950. The van der Waals surface area contributed by atoms with Crippen molar-refractivity contribution in [3.05, 3.63) is 23.8 Å². The smallest absolute Gasteiger partial charge is 0.179 e. The Bertz CT molecular complexity index is 476. The highest BCUT2D eigenvalue weighted by Crippen LogP contribution is 2.30. The fourth-order valence-electron chi connectivity index (χ4n) is 2.18. The lowest BCUT2D eigenvalue weighted by atomic mass is 10.0. The average molecular weight is 278 g/mol. The minimum atomic E-state index is -0.261. The normalized spacial score (nSPS) is 18.6. The van der Waals surface area contributed by atoms with Crippen LogP contribution in [0.2, 0.25) is 0 Å². The zero-order chi connectivity index (χ0) is 14.5. The number of hydrogen-bond acceptors (Lipinski definition) is 5. The predicted octanol–water partition coefficient (Wildman–Crippen LogP) is 1.42. The second-order valence-electron chi connectivity index (χ2n) is 5.14. The summed E-state index contributed by atoms with van der Waals surface area (Å²) in [7, 11) is 0. The zero-order valence-corrected chi connectivity index (χ0v) is 12.0. The molecule has 1 aromatic rings. The summed E-state index contributed by atoms with van der Waals surface area (Å²) in [6, 6.07) is 5.22. The van der Waals surface area contributed by atoms with Gasteiger partial charge in [-0.2, -0.15) is 0 Å². The number of anilines is 1. The fraction of sp³-hybridized carbons (Fsp3) is 0.533. The van der Waals surface area contributed by atoms with Crippen LogP contribution < -0.4 is 15.4 Å². The molecule has 0 aromatic heterocycles. The highest BCUT2D eigenvalue weighted by Gasteiger charge is 2.19. The van der Waals surface area contributed by atoms with Crippen LogP contribution in [-0.2, 0) is 0 Å². The highest BCUT2D eigenvalue weighted by atomic mass is 16.5. The van der Waals surface area contributed by atoms with Gasteiger partial charge in [0.15, 0.2) is 5.78 Å². The number of Topliss-reactive ketones (excluding diaryl/α,β-unsaturated/α-hetero) is 1. The van der Waals surface area contributed by atoms with Gasteiger partial charge < -0.3 is 20.5 Å². The molecular formula is C15H22N2O3. The van der Waals surface area contributed by atoms with Crippen molar-refractivity contribution in [3.8, 4) is 5.75 Å². The Kier molecular flexibility index (Phi) is 4.98. The van der Waals surface area contributed by atoms with Crippen LogP contribution in [0.15, 0.2) is 18.2 Å². The van der Waals surface area contributed by atoms with Crippen molar-refractivity contribution in [1.82, 2.24) is 5.32 Å². The minimum Gasteiger partial charge on any atom is -0.487 e. The van der Waals surface area contributed by atoms with Crippen molar-refractivity contribution in [2.45, 2.75) is 32.4 Å². The molecule has 110 valence electrons. The first-order valence-electron chi connectivity index (χ1n) is 7.05. The maximum atomic E-state index is 12.3. The van der Waals surface area contributed by atoms with Gasteiger partial charge in [-0.15, -0.1) is 0 Å². The van der Waals surface area contributed by atoms with E-state index in [9.17, 15) is 4.79 Å². The second kappa shape index (κ2) is 6.72. The van der Waals surface area contributed by atoms with Crippen LogP contribution in [0.5, 0.6) is 5.75 Å². The van der Waals surface area contributed by atoms with Gasteiger partial charge in [-0.1, -0.05) is 0 Å². The van der Waals surface area contributed by atoms with Crippen LogP contribution in [0.25, 0.3) is 0 Å². The summed E-state index contributed by atoms with van der Waals surface area (Å²) in [6.07, 6.45) is 0.790. The molecule has 0 saturated carbocycles. The number of carbonyl (C=O) groups excluding carboxylic acids is 1. The number of ketones is 1. The summed E-state index contributed by atoms with van der Waals surface area (Å²) in [5.41, 5.74) is 1.54. The van der Waals surface area contributed by atoms with Crippen molar-refractivity contribution in [2.75, 3.05) is 25.0 Å². The molecule has 2 unspecified atom stereocenters. The number of carbonyl (C=O) groups is 1. The Morgan fingerprint density at radius 3 is 3.15 bits per heavy atom. The molecule has 5 nitrogen and oxygen atoms in total. The molecule has 0 aliphatic carbocycles. The molecule has 0 amide bonds. The van der Waals surface area contributed by atoms with E-state index in [-0.39, 0.29) is 24.5 Å². The van der Waals surface area contributed by atoms with Crippen molar-refractivity contribution in [2.24, 2.45) is 0 Å². The predicted molar refractivity (Wildman–Crippen MR) is 78.5 cm³/mol. The molecule has 0 saturated heterocycles. The molecule has 2 rings (SSSR count). The van der Waals surface area contributed by atoms with Gasteiger partial charge in [-0.3, -0.25) is 4.79 Å². The number of rotatable bonds is 6. The van der Waals surface area contributed by atoms with Gasteiger partial charge in [-0.05, 0) is 45.0 Å². The van der Waals surface area contributed by atoms with Gasteiger partial charge in [0.2, 0.25) is 0 Å². The fourth-order valence-corrected chi connectivity index (χ4v) is 2.18. The summed E-state index contributed by atoms with van der Waals surface area (Å²) in [5, 5.41) is 15.1. The van der Waals surface area contributed by atoms with Gasteiger partial charge in [0.1, 0.15) is 11.9 Å². The minimum absolute atomic E-state index is 0.0474. The lowest BCUT2D eigenvalue weighted by Gasteiger charge is -2.25. The summed E-state index contributed by atoms with van der Waals surface area (Å²) in [6.45, 7) is 5.35. The van der Waals surface area contributed by atoms with E-state index >= 15 is 0 Å². The van der Waals surface area contributed by atoms with Crippen LogP contribution in [-0.4, -0.2) is 42.7 Å². The molecule has 0 fully saturated rings. The maximum absolute atomic E-state index is 12.3. The Morgan fingerprint density at radius 1 is 1.60 bits per heavy atom. The van der Waals surface area contributed by atoms with Crippen LogP contribution in [0.4, 0.5) is 5.69 Å². The van der Waals surface area contributed by atoms with E-state index in [0.29, 0.717) is 18.5 Å². The van der Waals surface area contributed by atoms with Gasteiger partial charge in [-0.25, -0.2) is 0 Å². The maximum Gasteiger partial charge on any atom is 0.179 e. The number of aliphatic hydroxyl groups is 1. The monoisotopic (exact) mass is 278 g/mol. The van der Waals surface area contributed by atoms with Crippen molar-refractivity contribution >= 4 is 11.5 Å². The summed E-state index contributed by atoms with van der Waals surface area (Å²) in [5.74, 6) is 0.840. The molecule has 5 heteroatoms. The molecule has 0 spiro atoms. The molecular weight excluding hydrogens is 256 g/mol. The van der Waals surface area contributed by atoms with E-state index in [1.165, 1.54) is 0 Å². The molecule has 2 atom stereocenters. The molecule has 20 heavy (non-hydrogen) atoms. The van der Waals surface area contributed by atoms with Gasteiger partial charge in [0.05, 0.1) is 18.3 Å². The number of aliphatic hydroxyl groups excluding tert-OH is 1. The van der Waals surface area contributed by atoms with Crippen LogP contribution in [0.3, 0.4) is 0 Å². The molecule has 1 heterocycles. The first-order chi connectivity index (χ1) is 9.61. The number of nitrogens with one attached hydrogen (secondary N) is 2. The Balaban J connectivity index is 2.03. The van der Waals surface area contributed by atoms with Crippen LogP contribution >= 0.6 is 0 Å². The van der Waals surface area contributed by atoms with E-state index in [0.717, 1.165) is 18.0 Å². The third-order valence-corrected chi connectivity index (χ3v) is 3.35. The third-order valence-electron chi connectivity index (χ3n) is 3.35. The van der Waals surface area contributed by atoms with Crippen molar-refractivity contribution in [3.63, 3.8) is 0 Å². The van der Waals surface area contributed by atoms with E-state index in [2.05, 4.69) is 10.6 Å². The third kappa shape index (κ3) is 3.49. The molecule has 3 N–H and O–H groups in total. The van der Waals surface area contributed by atoms with Gasteiger partial charge >= 0.3 is 0 Å². The summed E-state index contributed by atoms with van der Waals surface area (Å²) < 4.78 is 5.69. The highest BCUT2D eigenvalue weighted by molar-refractivity contribution is 6.01.